The fourth-order valence-corrected chi connectivity index (χ4v) is 3.81. The molecule has 0 aliphatic carbocycles. The zero-order chi connectivity index (χ0) is 23.4. The van der Waals surface area contributed by atoms with Crippen LogP contribution in [0.15, 0.2) is 59.6 Å². The quantitative estimate of drug-likeness (QED) is 0.533. The summed E-state index contributed by atoms with van der Waals surface area (Å²) in [7, 11) is 3.26. The van der Waals surface area contributed by atoms with E-state index >= 15 is 0 Å². The molecule has 3 aromatic rings. The molecule has 2 amide bonds. The molecule has 4 rings (SSSR count). The van der Waals surface area contributed by atoms with Gasteiger partial charge in [0.05, 0.1) is 14.2 Å². The summed E-state index contributed by atoms with van der Waals surface area (Å²) in [5.74, 6) is 1.05. The molecule has 170 valence electrons. The Hall–Kier alpha value is -3.87. The molecule has 0 radical (unpaired) electrons. The number of carbonyl (C=O) groups excluding carboxylic acids is 1. The topological polar surface area (TPSA) is 72.0 Å². The van der Waals surface area contributed by atoms with Crippen LogP contribution in [0.1, 0.15) is 22.3 Å². The van der Waals surface area contributed by atoms with Gasteiger partial charge in [0.15, 0.2) is 11.5 Å². The Morgan fingerprint density at radius 3 is 2.33 bits per heavy atom. The molecule has 0 spiro atoms. The van der Waals surface area contributed by atoms with E-state index in [2.05, 4.69) is 10.6 Å². The molecule has 0 atom stereocenters. The van der Waals surface area contributed by atoms with Crippen LogP contribution in [0.25, 0.3) is 0 Å². The molecule has 0 bridgehead atoms. The average Bonchev–Trinajstić information content (AvgIpc) is 2.82. The summed E-state index contributed by atoms with van der Waals surface area (Å²) in [6, 6.07) is 15.7. The average molecular weight is 448 g/mol. The highest BCUT2D eigenvalue weighted by Gasteiger charge is 2.18. The van der Waals surface area contributed by atoms with Crippen molar-refractivity contribution in [1.29, 1.82) is 0 Å². The maximum absolute atomic E-state index is 13.7. The summed E-state index contributed by atoms with van der Waals surface area (Å²) in [6.07, 6.45) is 1.53. The first-order chi connectivity index (χ1) is 16.0. The summed E-state index contributed by atoms with van der Waals surface area (Å²) >= 11 is 0. The van der Waals surface area contributed by atoms with Crippen LogP contribution in [0, 0.1) is 12.7 Å². The van der Waals surface area contributed by atoms with E-state index in [1.165, 1.54) is 11.6 Å². The lowest BCUT2D eigenvalue weighted by atomic mass is 9.93. The van der Waals surface area contributed by atoms with Gasteiger partial charge in [0, 0.05) is 35.6 Å². The number of nitrogens with zero attached hydrogens (tertiary/aromatic N) is 1. The SMILES string of the molecule is COc1cc2c(cc1OC)C(Cc1ccc(NC(=O)Nc3ccc(C)c(F)c3)cc1)=NCC2. The van der Waals surface area contributed by atoms with Crippen LogP contribution in [0.3, 0.4) is 0 Å². The summed E-state index contributed by atoms with van der Waals surface area (Å²) in [5.41, 5.74) is 5.90. The molecule has 1 aliphatic rings. The first kappa shape index (κ1) is 22.3. The fourth-order valence-electron chi connectivity index (χ4n) is 3.81. The second-order valence-corrected chi connectivity index (χ2v) is 7.86. The lowest BCUT2D eigenvalue weighted by Crippen LogP contribution is -2.19. The van der Waals surface area contributed by atoms with Gasteiger partial charge in [-0.15, -0.1) is 0 Å². The minimum absolute atomic E-state index is 0.361. The van der Waals surface area contributed by atoms with E-state index in [1.54, 1.807) is 33.3 Å². The molecule has 0 fully saturated rings. The number of fused-ring (bicyclic) bond motifs is 1. The molecule has 0 aromatic heterocycles. The van der Waals surface area contributed by atoms with Crippen LogP contribution < -0.4 is 20.1 Å². The highest BCUT2D eigenvalue weighted by Crippen LogP contribution is 2.33. The van der Waals surface area contributed by atoms with Gasteiger partial charge in [-0.25, -0.2) is 9.18 Å². The van der Waals surface area contributed by atoms with E-state index in [9.17, 15) is 9.18 Å². The Morgan fingerprint density at radius 1 is 0.970 bits per heavy atom. The number of hydrogen-bond acceptors (Lipinski definition) is 4. The van der Waals surface area contributed by atoms with E-state index < -0.39 is 6.03 Å². The second kappa shape index (κ2) is 9.73. The Morgan fingerprint density at radius 2 is 1.64 bits per heavy atom. The number of benzene rings is 3. The van der Waals surface area contributed by atoms with Crippen LogP contribution >= 0.6 is 0 Å². The smallest absolute Gasteiger partial charge is 0.323 e. The summed E-state index contributed by atoms with van der Waals surface area (Å²) in [5, 5.41) is 5.40. The van der Waals surface area contributed by atoms with Crippen molar-refractivity contribution in [3.8, 4) is 11.5 Å². The van der Waals surface area contributed by atoms with Gasteiger partial charge in [-0.2, -0.15) is 0 Å². The molecular formula is C26H26FN3O3. The number of aliphatic imine (C=N–C) groups is 1. The van der Waals surface area contributed by atoms with E-state index in [4.69, 9.17) is 14.5 Å². The number of anilines is 2. The highest BCUT2D eigenvalue weighted by atomic mass is 19.1. The van der Waals surface area contributed by atoms with E-state index in [1.807, 2.05) is 36.4 Å². The van der Waals surface area contributed by atoms with Crippen molar-refractivity contribution in [3.05, 3.63) is 82.7 Å². The molecule has 7 heteroatoms. The number of urea groups is 1. The Balaban J connectivity index is 1.42. The predicted molar refractivity (Wildman–Crippen MR) is 129 cm³/mol. The predicted octanol–water partition coefficient (Wildman–Crippen LogP) is 5.38. The second-order valence-electron chi connectivity index (χ2n) is 7.86. The Bertz CT molecular complexity index is 1210. The number of rotatable bonds is 6. The van der Waals surface area contributed by atoms with Crippen LogP contribution in [0.5, 0.6) is 11.5 Å². The monoisotopic (exact) mass is 447 g/mol. The van der Waals surface area contributed by atoms with Gasteiger partial charge in [0.1, 0.15) is 5.82 Å². The molecule has 1 aliphatic heterocycles. The highest BCUT2D eigenvalue weighted by molar-refractivity contribution is 6.04. The van der Waals surface area contributed by atoms with Gasteiger partial charge >= 0.3 is 6.03 Å². The normalized spacial score (nSPS) is 12.4. The number of methoxy groups -OCH3 is 2. The molecule has 1 heterocycles. The van der Waals surface area contributed by atoms with E-state index in [-0.39, 0.29) is 5.82 Å². The number of nitrogens with one attached hydrogen (secondary N) is 2. The van der Waals surface area contributed by atoms with Crippen molar-refractivity contribution >= 4 is 23.1 Å². The molecule has 2 N–H and O–H groups in total. The molecule has 33 heavy (non-hydrogen) atoms. The molecule has 0 saturated carbocycles. The molecule has 3 aromatic carbocycles. The Kier molecular flexibility index (Phi) is 6.58. The minimum atomic E-state index is -0.433. The van der Waals surface area contributed by atoms with Gasteiger partial charge in [0.2, 0.25) is 0 Å². The minimum Gasteiger partial charge on any atom is -0.493 e. The zero-order valence-electron chi connectivity index (χ0n) is 18.9. The summed E-state index contributed by atoms with van der Waals surface area (Å²) in [6.45, 7) is 2.41. The van der Waals surface area contributed by atoms with Crippen LogP contribution in [0.4, 0.5) is 20.6 Å². The summed E-state index contributed by atoms with van der Waals surface area (Å²) < 4.78 is 24.6. The van der Waals surface area contributed by atoms with Crippen LogP contribution in [-0.2, 0) is 12.8 Å². The number of ether oxygens (including phenoxy) is 2. The number of aryl methyl sites for hydroxylation is 1. The third-order valence-corrected chi connectivity index (χ3v) is 5.62. The number of carbonyl (C=O) groups is 1. The third-order valence-electron chi connectivity index (χ3n) is 5.62. The molecule has 6 nitrogen and oxygen atoms in total. The number of amides is 2. The van der Waals surface area contributed by atoms with Gasteiger partial charge in [-0.3, -0.25) is 4.99 Å². The first-order valence-electron chi connectivity index (χ1n) is 10.7. The fraction of sp³-hybridized carbons (Fsp3) is 0.231. The number of halogens is 1. The molecular weight excluding hydrogens is 421 g/mol. The molecule has 0 saturated heterocycles. The van der Waals surface area contributed by atoms with Gasteiger partial charge in [-0.05, 0) is 66.4 Å². The van der Waals surface area contributed by atoms with Crippen molar-refractivity contribution in [2.24, 2.45) is 4.99 Å². The summed E-state index contributed by atoms with van der Waals surface area (Å²) in [4.78, 5) is 17.0. The molecule has 0 unspecified atom stereocenters. The largest absolute Gasteiger partial charge is 0.493 e. The Labute approximate surface area is 192 Å². The van der Waals surface area contributed by atoms with Gasteiger partial charge in [0.25, 0.3) is 0 Å². The van der Waals surface area contributed by atoms with E-state index in [0.29, 0.717) is 29.1 Å². The maximum atomic E-state index is 13.7. The van der Waals surface area contributed by atoms with Gasteiger partial charge in [-0.1, -0.05) is 18.2 Å². The zero-order valence-corrected chi connectivity index (χ0v) is 18.9. The standard InChI is InChI=1S/C26H26FN3O3/c1-16-4-7-20(14-22(16)27)30-26(31)29-19-8-5-17(6-9-19)12-23-21-15-25(33-3)24(32-2)13-18(21)10-11-28-23/h4-9,13-15H,10-12H2,1-3H3,(H2,29,30,31). The van der Waals surface area contributed by atoms with Crippen LogP contribution in [0.2, 0.25) is 0 Å². The van der Waals surface area contributed by atoms with Gasteiger partial charge < -0.3 is 20.1 Å². The maximum Gasteiger partial charge on any atom is 0.323 e. The van der Waals surface area contributed by atoms with Crippen molar-refractivity contribution < 1.29 is 18.7 Å². The van der Waals surface area contributed by atoms with Crippen molar-refractivity contribution in [2.45, 2.75) is 19.8 Å². The number of hydrogen-bond donors (Lipinski definition) is 2. The van der Waals surface area contributed by atoms with Crippen LogP contribution in [-0.4, -0.2) is 32.5 Å². The first-order valence-corrected chi connectivity index (χ1v) is 10.7. The van der Waals surface area contributed by atoms with E-state index in [0.717, 1.165) is 35.6 Å². The van der Waals surface area contributed by atoms with Crippen molar-refractivity contribution in [3.63, 3.8) is 0 Å². The van der Waals surface area contributed by atoms with Crippen molar-refractivity contribution in [2.75, 3.05) is 31.4 Å². The lowest BCUT2D eigenvalue weighted by Gasteiger charge is -2.20. The third kappa shape index (κ3) is 5.14. The van der Waals surface area contributed by atoms with Crippen molar-refractivity contribution in [1.82, 2.24) is 0 Å². The lowest BCUT2D eigenvalue weighted by molar-refractivity contribution is 0.262.